The standard InChI is InChI=1S/C10H21P/c1-10(2,3)8-6-5-7-9(8)11-4/h8-9,11H,5-7H2,1-4H3/t8-,9?/m0/s1. The molecule has 0 N–H and O–H groups in total. The Bertz CT molecular complexity index is 123. The average Bonchev–Trinajstić information content (AvgIpc) is 2.31. The van der Waals surface area contributed by atoms with E-state index in [9.17, 15) is 0 Å². The lowest BCUT2D eigenvalue weighted by Crippen LogP contribution is -2.24. The molecule has 0 aromatic rings. The summed E-state index contributed by atoms with van der Waals surface area (Å²) in [7, 11) is 1.17. The van der Waals surface area contributed by atoms with Gasteiger partial charge in [-0.05, 0) is 36.5 Å². The molecule has 0 amide bonds. The highest BCUT2D eigenvalue weighted by molar-refractivity contribution is 7.37. The number of hydrogen-bond donors (Lipinski definition) is 0. The molecule has 0 heterocycles. The van der Waals surface area contributed by atoms with Gasteiger partial charge in [0.25, 0.3) is 0 Å². The van der Waals surface area contributed by atoms with Crippen molar-refractivity contribution in [2.24, 2.45) is 11.3 Å². The molecule has 1 fully saturated rings. The molecule has 0 nitrogen and oxygen atoms in total. The Morgan fingerprint density at radius 3 is 2.18 bits per heavy atom. The first-order valence-electron chi connectivity index (χ1n) is 4.73. The fourth-order valence-electron chi connectivity index (χ4n) is 2.34. The average molecular weight is 172 g/mol. The molecule has 11 heavy (non-hydrogen) atoms. The first kappa shape index (κ1) is 9.52. The summed E-state index contributed by atoms with van der Waals surface area (Å²) in [6, 6.07) is 0. The zero-order chi connectivity index (χ0) is 8.48. The van der Waals surface area contributed by atoms with Crippen molar-refractivity contribution in [1.29, 1.82) is 0 Å². The third-order valence-electron chi connectivity index (χ3n) is 3.00. The Hall–Kier alpha value is 0.430. The summed E-state index contributed by atoms with van der Waals surface area (Å²) in [5.41, 5.74) is 1.61. The summed E-state index contributed by atoms with van der Waals surface area (Å²) in [4.78, 5) is 0. The van der Waals surface area contributed by atoms with Crippen LogP contribution in [0.3, 0.4) is 0 Å². The molecule has 0 aliphatic heterocycles. The van der Waals surface area contributed by atoms with Crippen LogP contribution in [0.15, 0.2) is 0 Å². The zero-order valence-electron chi connectivity index (χ0n) is 8.28. The second-order valence-electron chi connectivity index (χ2n) is 4.80. The maximum atomic E-state index is 2.40. The maximum Gasteiger partial charge on any atom is -0.0206 e. The normalized spacial score (nSPS) is 33.8. The second kappa shape index (κ2) is 3.44. The third-order valence-corrected chi connectivity index (χ3v) is 4.43. The minimum Gasteiger partial charge on any atom is -0.122 e. The van der Waals surface area contributed by atoms with Gasteiger partial charge in [0, 0.05) is 0 Å². The van der Waals surface area contributed by atoms with Crippen molar-refractivity contribution >= 4 is 8.58 Å². The van der Waals surface area contributed by atoms with Crippen molar-refractivity contribution in [3.05, 3.63) is 0 Å². The highest BCUT2D eigenvalue weighted by atomic mass is 31.1. The van der Waals surface area contributed by atoms with Gasteiger partial charge in [-0.3, -0.25) is 0 Å². The summed E-state index contributed by atoms with van der Waals surface area (Å²) in [6.45, 7) is 9.57. The van der Waals surface area contributed by atoms with Crippen LogP contribution >= 0.6 is 8.58 Å². The first-order valence-corrected chi connectivity index (χ1v) is 6.30. The Labute approximate surface area is 72.9 Å². The van der Waals surface area contributed by atoms with Crippen LogP contribution in [0, 0.1) is 11.3 Å². The first-order chi connectivity index (χ1) is 5.05. The predicted molar refractivity (Wildman–Crippen MR) is 54.8 cm³/mol. The van der Waals surface area contributed by atoms with Gasteiger partial charge in [0.15, 0.2) is 0 Å². The van der Waals surface area contributed by atoms with Crippen molar-refractivity contribution in [3.8, 4) is 0 Å². The van der Waals surface area contributed by atoms with Gasteiger partial charge < -0.3 is 0 Å². The molecule has 2 unspecified atom stereocenters. The lowest BCUT2D eigenvalue weighted by molar-refractivity contribution is 0.251. The molecule has 0 radical (unpaired) electrons. The van der Waals surface area contributed by atoms with Crippen molar-refractivity contribution < 1.29 is 0 Å². The topological polar surface area (TPSA) is 0 Å². The van der Waals surface area contributed by atoms with Gasteiger partial charge in [-0.2, -0.15) is 0 Å². The molecule has 3 atom stereocenters. The molecule has 0 bridgehead atoms. The Balaban J connectivity index is 2.57. The Morgan fingerprint density at radius 1 is 1.18 bits per heavy atom. The molecule has 0 saturated heterocycles. The number of rotatable bonds is 1. The highest BCUT2D eigenvalue weighted by Crippen LogP contribution is 2.46. The summed E-state index contributed by atoms with van der Waals surface area (Å²) in [5, 5.41) is 0. The molecular formula is C10H21P. The van der Waals surface area contributed by atoms with Gasteiger partial charge >= 0.3 is 0 Å². The van der Waals surface area contributed by atoms with Gasteiger partial charge in [0.05, 0.1) is 0 Å². The summed E-state index contributed by atoms with van der Waals surface area (Å²) in [6.07, 6.45) is 4.46. The van der Waals surface area contributed by atoms with Crippen LogP contribution in [0.2, 0.25) is 0 Å². The molecule has 1 aliphatic carbocycles. The van der Waals surface area contributed by atoms with Gasteiger partial charge in [-0.25, -0.2) is 0 Å². The third kappa shape index (κ3) is 2.18. The summed E-state index contributed by atoms with van der Waals surface area (Å²) < 4.78 is 0. The molecule has 1 rings (SSSR count). The van der Waals surface area contributed by atoms with E-state index >= 15 is 0 Å². The lowest BCUT2D eigenvalue weighted by atomic mass is 9.79. The van der Waals surface area contributed by atoms with E-state index in [4.69, 9.17) is 0 Å². The van der Waals surface area contributed by atoms with E-state index < -0.39 is 0 Å². The highest BCUT2D eigenvalue weighted by Gasteiger charge is 2.34. The van der Waals surface area contributed by atoms with Crippen molar-refractivity contribution in [1.82, 2.24) is 0 Å². The predicted octanol–water partition coefficient (Wildman–Crippen LogP) is 3.51. The van der Waals surface area contributed by atoms with Crippen LogP contribution in [-0.2, 0) is 0 Å². The van der Waals surface area contributed by atoms with E-state index in [0.29, 0.717) is 5.41 Å². The van der Waals surface area contributed by atoms with E-state index in [-0.39, 0.29) is 0 Å². The zero-order valence-corrected chi connectivity index (χ0v) is 9.28. The maximum absolute atomic E-state index is 2.40. The molecule has 1 aliphatic rings. The minimum atomic E-state index is 0.560. The van der Waals surface area contributed by atoms with Crippen LogP contribution in [0.1, 0.15) is 40.0 Å². The second-order valence-corrected chi connectivity index (χ2v) is 6.12. The SMILES string of the molecule is CPC1CCC[C@@H]1C(C)(C)C. The van der Waals surface area contributed by atoms with Crippen molar-refractivity contribution in [2.45, 2.75) is 45.7 Å². The fraction of sp³-hybridized carbons (Fsp3) is 1.00. The lowest BCUT2D eigenvalue weighted by Gasteiger charge is -2.31. The fourth-order valence-corrected chi connectivity index (χ4v) is 3.90. The quantitative estimate of drug-likeness (QED) is 0.531. The largest absolute Gasteiger partial charge is 0.122 e. The van der Waals surface area contributed by atoms with E-state index in [1.54, 1.807) is 0 Å². The van der Waals surface area contributed by atoms with Crippen molar-refractivity contribution in [3.63, 3.8) is 0 Å². The monoisotopic (exact) mass is 172 g/mol. The Morgan fingerprint density at radius 2 is 1.82 bits per heavy atom. The van der Waals surface area contributed by atoms with Crippen LogP contribution in [0.25, 0.3) is 0 Å². The van der Waals surface area contributed by atoms with Crippen LogP contribution in [0.4, 0.5) is 0 Å². The van der Waals surface area contributed by atoms with E-state index in [1.165, 1.54) is 27.8 Å². The molecule has 1 heteroatoms. The van der Waals surface area contributed by atoms with Crippen LogP contribution in [0.5, 0.6) is 0 Å². The van der Waals surface area contributed by atoms with Gasteiger partial charge in [-0.15, -0.1) is 8.58 Å². The molecule has 0 aromatic carbocycles. The summed E-state index contributed by atoms with van der Waals surface area (Å²) >= 11 is 0. The van der Waals surface area contributed by atoms with Crippen molar-refractivity contribution in [2.75, 3.05) is 6.66 Å². The van der Waals surface area contributed by atoms with Gasteiger partial charge in [0.1, 0.15) is 0 Å². The number of hydrogen-bond acceptors (Lipinski definition) is 0. The van der Waals surface area contributed by atoms with E-state index in [0.717, 1.165) is 11.6 Å². The van der Waals surface area contributed by atoms with Crippen LogP contribution < -0.4 is 0 Å². The minimum absolute atomic E-state index is 0.560. The van der Waals surface area contributed by atoms with E-state index in [1.807, 2.05) is 0 Å². The van der Waals surface area contributed by atoms with Gasteiger partial charge in [0.2, 0.25) is 0 Å². The molecule has 0 spiro atoms. The van der Waals surface area contributed by atoms with Crippen LogP contribution in [-0.4, -0.2) is 12.3 Å². The molecular weight excluding hydrogens is 151 g/mol. The summed E-state index contributed by atoms with van der Waals surface area (Å²) in [5.74, 6) is 1.01. The molecule has 1 saturated carbocycles. The molecule has 0 aromatic heterocycles. The van der Waals surface area contributed by atoms with E-state index in [2.05, 4.69) is 27.4 Å². The molecule has 66 valence electrons. The Kier molecular flexibility index (Phi) is 2.97. The van der Waals surface area contributed by atoms with Gasteiger partial charge in [-0.1, -0.05) is 27.2 Å². The smallest absolute Gasteiger partial charge is 0.0206 e.